The van der Waals surface area contributed by atoms with Crippen molar-refractivity contribution in [3.63, 3.8) is 0 Å². The zero-order valence-corrected chi connectivity index (χ0v) is 16.3. The highest BCUT2D eigenvalue weighted by Crippen LogP contribution is 2.43. The molecule has 3 rings (SSSR count). The van der Waals surface area contributed by atoms with Gasteiger partial charge < -0.3 is 9.80 Å². The molecule has 0 saturated carbocycles. The van der Waals surface area contributed by atoms with Gasteiger partial charge in [-0.3, -0.25) is 0 Å². The maximum atomic E-state index is 2.47. The van der Waals surface area contributed by atoms with E-state index >= 15 is 0 Å². The van der Waals surface area contributed by atoms with E-state index in [1.165, 1.54) is 27.9 Å². The van der Waals surface area contributed by atoms with E-state index in [1.807, 2.05) is 0 Å². The first-order valence-corrected chi connectivity index (χ1v) is 9.28. The molecule has 132 valence electrons. The third-order valence-electron chi connectivity index (χ3n) is 5.18. The molecular weight excluding hydrogens is 304 g/mol. The highest BCUT2D eigenvalue weighted by molar-refractivity contribution is 5.66. The van der Waals surface area contributed by atoms with Crippen LogP contribution < -0.4 is 4.90 Å². The molecule has 1 unspecified atom stereocenters. The Morgan fingerprint density at radius 1 is 0.800 bits per heavy atom. The fourth-order valence-corrected chi connectivity index (χ4v) is 3.79. The standard InChI is InChI=1S/C23H30N2/c1-16(2)19-12-9-13-20(17(3)4)22(19)25-15-14-24(6)23(25)21-11-8-7-10-18(21)5/h7-17,23H,1-6H3. The first-order chi connectivity index (χ1) is 11.9. The van der Waals surface area contributed by atoms with Crippen LogP contribution in [0.25, 0.3) is 0 Å². The Bertz CT molecular complexity index is 747. The van der Waals surface area contributed by atoms with Crippen LogP contribution in [0, 0.1) is 6.92 Å². The maximum Gasteiger partial charge on any atom is 0.132 e. The summed E-state index contributed by atoms with van der Waals surface area (Å²) in [5.74, 6) is 0.982. The Labute approximate surface area is 152 Å². The molecule has 2 heteroatoms. The van der Waals surface area contributed by atoms with Crippen LogP contribution in [0.4, 0.5) is 5.69 Å². The average Bonchev–Trinajstić information content (AvgIpc) is 2.95. The van der Waals surface area contributed by atoms with E-state index in [2.05, 4.69) is 106 Å². The van der Waals surface area contributed by atoms with Crippen LogP contribution in [0.1, 0.15) is 68.0 Å². The SMILES string of the molecule is Cc1ccccc1C1N(C)C=CN1c1c(C(C)C)cccc1C(C)C. The molecule has 0 saturated heterocycles. The van der Waals surface area contributed by atoms with Crippen LogP contribution in [0.15, 0.2) is 54.9 Å². The summed E-state index contributed by atoms with van der Waals surface area (Å²) in [5, 5.41) is 0. The monoisotopic (exact) mass is 334 g/mol. The van der Waals surface area contributed by atoms with Crippen LogP contribution in [-0.4, -0.2) is 11.9 Å². The van der Waals surface area contributed by atoms with Gasteiger partial charge in [0.1, 0.15) is 6.17 Å². The van der Waals surface area contributed by atoms with E-state index < -0.39 is 0 Å². The van der Waals surface area contributed by atoms with Crippen molar-refractivity contribution in [2.45, 2.75) is 52.6 Å². The van der Waals surface area contributed by atoms with E-state index in [0.29, 0.717) is 11.8 Å². The average molecular weight is 335 g/mol. The van der Waals surface area contributed by atoms with E-state index in [4.69, 9.17) is 0 Å². The van der Waals surface area contributed by atoms with Gasteiger partial charge in [-0.2, -0.15) is 0 Å². The van der Waals surface area contributed by atoms with Crippen molar-refractivity contribution in [1.82, 2.24) is 4.90 Å². The predicted molar refractivity (Wildman–Crippen MR) is 108 cm³/mol. The van der Waals surface area contributed by atoms with Gasteiger partial charge in [0.2, 0.25) is 0 Å². The molecule has 1 aliphatic rings. The van der Waals surface area contributed by atoms with Gasteiger partial charge in [-0.15, -0.1) is 0 Å². The van der Waals surface area contributed by atoms with Crippen LogP contribution in [0.5, 0.6) is 0 Å². The zero-order chi connectivity index (χ0) is 18.1. The molecule has 0 aromatic heterocycles. The Hall–Kier alpha value is -2.22. The highest BCUT2D eigenvalue weighted by Gasteiger charge is 2.31. The molecule has 1 heterocycles. The molecule has 0 N–H and O–H groups in total. The minimum absolute atomic E-state index is 0.207. The second kappa shape index (κ2) is 6.95. The third kappa shape index (κ3) is 3.18. The van der Waals surface area contributed by atoms with Gasteiger partial charge in [0.15, 0.2) is 0 Å². The predicted octanol–water partition coefficient (Wildman–Crippen LogP) is 6.16. The van der Waals surface area contributed by atoms with Gasteiger partial charge in [-0.1, -0.05) is 70.2 Å². The van der Waals surface area contributed by atoms with Crippen molar-refractivity contribution in [1.29, 1.82) is 0 Å². The smallest absolute Gasteiger partial charge is 0.132 e. The Morgan fingerprint density at radius 3 is 1.96 bits per heavy atom. The highest BCUT2D eigenvalue weighted by atomic mass is 15.4. The quantitative estimate of drug-likeness (QED) is 0.660. The molecule has 0 spiro atoms. The van der Waals surface area contributed by atoms with Crippen LogP contribution in [0.3, 0.4) is 0 Å². The number of rotatable bonds is 4. The summed E-state index contributed by atoms with van der Waals surface area (Å²) in [6, 6.07) is 15.5. The summed E-state index contributed by atoms with van der Waals surface area (Å²) in [6.07, 6.45) is 4.64. The molecule has 1 atom stereocenters. The first-order valence-electron chi connectivity index (χ1n) is 9.28. The molecule has 0 radical (unpaired) electrons. The van der Waals surface area contributed by atoms with Gasteiger partial charge in [0.05, 0.1) is 0 Å². The van der Waals surface area contributed by atoms with Crippen LogP contribution in [-0.2, 0) is 0 Å². The lowest BCUT2D eigenvalue weighted by Gasteiger charge is -2.35. The van der Waals surface area contributed by atoms with E-state index in [-0.39, 0.29) is 6.17 Å². The fraction of sp³-hybridized carbons (Fsp3) is 0.391. The first kappa shape index (κ1) is 17.6. The second-order valence-electron chi connectivity index (χ2n) is 7.70. The molecule has 0 aliphatic carbocycles. The second-order valence-corrected chi connectivity index (χ2v) is 7.70. The Kier molecular flexibility index (Phi) is 4.89. The zero-order valence-electron chi connectivity index (χ0n) is 16.3. The number of nitrogens with zero attached hydrogens (tertiary/aromatic N) is 2. The number of aryl methyl sites for hydroxylation is 1. The van der Waals surface area contributed by atoms with E-state index in [9.17, 15) is 0 Å². The molecule has 1 aliphatic heterocycles. The number of hydrogen-bond acceptors (Lipinski definition) is 2. The van der Waals surface area contributed by atoms with Gasteiger partial charge in [0, 0.05) is 25.1 Å². The lowest BCUT2D eigenvalue weighted by Crippen LogP contribution is -2.30. The summed E-state index contributed by atoms with van der Waals surface area (Å²) in [4.78, 5) is 4.77. The summed E-state index contributed by atoms with van der Waals surface area (Å²) in [7, 11) is 2.17. The number of hydrogen-bond donors (Lipinski definition) is 0. The topological polar surface area (TPSA) is 6.48 Å². The van der Waals surface area contributed by atoms with Gasteiger partial charge in [0.25, 0.3) is 0 Å². The minimum Gasteiger partial charge on any atom is -0.355 e. The normalized spacial score (nSPS) is 17.2. The van der Waals surface area contributed by atoms with Gasteiger partial charge >= 0.3 is 0 Å². The van der Waals surface area contributed by atoms with E-state index in [0.717, 1.165) is 0 Å². The molecule has 2 aromatic carbocycles. The van der Waals surface area contributed by atoms with Crippen molar-refractivity contribution in [2.75, 3.05) is 11.9 Å². The fourth-order valence-electron chi connectivity index (χ4n) is 3.79. The number of para-hydroxylation sites is 1. The van der Waals surface area contributed by atoms with Gasteiger partial charge in [-0.25, -0.2) is 0 Å². The largest absolute Gasteiger partial charge is 0.355 e. The molecule has 0 amide bonds. The van der Waals surface area contributed by atoms with Crippen molar-refractivity contribution >= 4 is 5.69 Å². The van der Waals surface area contributed by atoms with Crippen molar-refractivity contribution in [2.24, 2.45) is 0 Å². The molecule has 2 nitrogen and oxygen atoms in total. The van der Waals surface area contributed by atoms with Crippen LogP contribution in [0.2, 0.25) is 0 Å². The number of anilines is 1. The van der Waals surface area contributed by atoms with Crippen LogP contribution >= 0.6 is 0 Å². The van der Waals surface area contributed by atoms with Gasteiger partial charge in [-0.05, 0) is 41.0 Å². The Morgan fingerprint density at radius 2 is 1.40 bits per heavy atom. The van der Waals surface area contributed by atoms with Crippen molar-refractivity contribution in [3.05, 3.63) is 77.1 Å². The molecular formula is C23H30N2. The van der Waals surface area contributed by atoms with Crippen molar-refractivity contribution < 1.29 is 0 Å². The summed E-state index contributed by atoms with van der Waals surface area (Å²) >= 11 is 0. The third-order valence-corrected chi connectivity index (χ3v) is 5.18. The molecule has 0 bridgehead atoms. The summed E-state index contributed by atoms with van der Waals surface area (Å²) in [6.45, 7) is 11.4. The molecule has 25 heavy (non-hydrogen) atoms. The Balaban J connectivity index is 2.18. The molecule has 0 fully saturated rings. The summed E-state index contributed by atoms with van der Waals surface area (Å²) < 4.78 is 0. The van der Waals surface area contributed by atoms with Crippen molar-refractivity contribution in [3.8, 4) is 0 Å². The maximum absolute atomic E-state index is 2.47. The molecule has 2 aromatic rings. The van der Waals surface area contributed by atoms with E-state index in [1.54, 1.807) is 0 Å². The lowest BCUT2D eigenvalue weighted by molar-refractivity contribution is 0.366. The lowest BCUT2D eigenvalue weighted by atomic mass is 9.91. The minimum atomic E-state index is 0.207. The number of benzene rings is 2. The summed E-state index contributed by atoms with van der Waals surface area (Å²) in [5.41, 5.74) is 6.92.